The molecule has 0 aliphatic carbocycles. The van der Waals surface area contributed by atoms with Crippen molar-refractivity contribution < 1.29 is 9.53 Å². The summed E-state index contributed by atoms with van der Waals surface area (Å²) in [5, 5.41) is 3.36. The van der Waals surface area contributed by atoms with Gasteiger partial charge in [-0.05, 0) is 25.7 Å². The van der Waals surface area contributed by atoms with Crippen molar-refractivity contribution >= 4 is 5.91 Å². The van der Waals surface area contributed by atoms with Crippen LogP contribution in [0.4, 0.5) is 0 Å². The first-order valence-corrected chi connectivity index (χ1v) is 7.42. The lowest BCUT2D eigenvalue weighted by atomic mass is 9.97. The van der Waals surface area contributed by atoms with E-state index in [2.05, 4.69) is 17.1 Å². The zero-order valence-corrected chi connectivity index (χ0v) is 11.5. The molecule has 0 aromatic heterocycles. The second-order valence-corrected chi connectivity index (χ2v) is 5.46. The molecule has 0 radical (unpaired) electrons. The molecule has 18 heavy (non-hydrogen) atoms. The molecule has 0 spiro atoms. The predicted molar refractivity (Wildman–Crippen MR) is 71.5 cm³/mol. The van der Waals surface area contributed by atoms with Gasteiger partial charge in [-0.15, -0.1) is 0 Å². The number of carbonyl (C=O) groups is 1. The summed E-state index contributed by atoms with van der Waals surface area (Å²) in [6, 6.07) is 0.705. The summed E-state index contributed by atoms with van der Waals surface area (Å²) in [6.45, 7) is 5.48. The molecule has 1 N–H and O–H groups in total. The van der Waals surface area contributed by atoms with E-state index in [-0.39, 0.29) is 6.04 Å². The summed E-state index contributed by atoms with van der Waals surface area (Å²) in [7, 11) is 0. The molecule has 2 fully saturated rings. The van der Waals surface area contributed by atoms with Gasteiger partial charge in [-0.3, -0.25) is 4.79 Å². The monoisotopic (exact) mass is 254 g/mol. The number of hydrogen-bond acceptors (Lipinski definition) is 3. The third kappa shape index (κ3) is 3.69. The highest BCUT2D eigenvalue weighted by molar-refractivity contribution is 5.77. The average Bonchev–Trinajstić information content (AvgIpc) is 2.41. The Balaban J connectivity index is 1.84. The van der Waals surface area contributed by atoms with Crippen LogP contribution in [0.5, 0.6) is 0 Å². The molecular formula is C14H26N2O2. The number of ether oxygens (including phenoxy) is 1. The van der Waals surface area contributed by atoms with Crippen molar-refractivity contribution in [3.63, 3.8) is 0 Å². The van der Waals surface area contributed by atoms with E-state index in [0.717, 1.165) is 26.1 Å². The van der Waals surface area contributed by atoms with Crippen LogP contribution in [0.3, 0.4) is 0 Å². The molecule has 2 saturated heterocycles. The third-order valence-electron chi connectivity index (χ3n) is 3.99. The van der Waals surface area contributed by atoms with Gasteiger partial charge >= 0.3 is 0 Å². The lowest BCUT2D eigenvalue weighted by Gasteiger charge is -2.37. The normalized spacial score (nSPS) is 29.3. The molecule has 1 amide bonds. The van der Waals surface area contributed by atoms with Crippen molar-refractivity contribution in [1.82, 2.24) is 10.2 Å². The van der Waals surface area contributed by atoms with Crippen LogP contribution in [0.1, 0.15) is 45.4 Å². The zero-order valence-electron chi connectivity index (χ0n) is 11.5. The van der Waals surface area contributed by atoms with Crippen LogP contribution in [0.25, 0.3) is 0 Å². The molecule has 2 unspecified atom stereocenters. The van der Waals surface area contributed by atoms with Crippen LogP contribution in [0.2, 0.25) is 0 Å². The van der Waals surface area contributed by atoms with Gasteiger partial charge in [0.1, 0.15) is 0 Å². The SMILES string of the molecule is CCCC1CCCCN1C(=O)CC1COCCN1. The lowest BCUT2D eigenvalue weighted by Crippen LogP contribution is -2.48. The first-order chi connectivity index (χ1) is 8.81. The summed E-state index contributed by atoms with van der Waals surface area (Å²) in [5.74, 6) is 0.316. The molecule has 4 nitrogen and oxygen atoms in total. The minimum atomic E-state index is 0.218. The number of hydrogen-bond donors (Lipinski definition) is 1. The molecule has 4 heteroatoms. The highest BCUT2D eigenvalue weighted by Gasteiger charge is 2.28. The Morgan fingerprint density at radius 3 is 3.06 bits per heavy atom. The number of carbonyl (C=O) groups excluding carboxylic acids is 1. The van der Waals surface area contributed by atoms with Crippen molar-refractivity contribution in [3.05, 3.63) is 0 Å². The van der Waals surface area contributed by atoms with Gasteiger partial charge in [0.25, 0.3) is 0 Å². The molecule has 2 atom stereocenters. The van der Waals surface area contributed by atoms with Gasteiger partial charge in [-0.2, -0.15) is 0 Å². The van der Waals surface area contributed by atoms with E-state index >= 15 is 0 Å². The maximum Gasteiger partial charge on any atom is 0.224 e. The molecule has 2 aliphatic heterocycles. The smallest absolute Gasteiger partial charge is 0.224 e. The summed E-state index contributed by atoms with van der Waals surface area (Å²) < 4.78 is 5.41. The number of nitrogens with zero attached hydrogens (tertiary/aromatic N) is 1. The number of piperidine rings is 1. The van der Waals surface area contributed by atoms with Crippen LogP contribution >= 0.6 is 0 Å². The van der Waals surface area contributed by atoms with Crippen LogP contribution in [-0.4, -0.2) is 49.2 Å². The molecular weight excluding hydrogens is 228 g/mol. The van der Waals surface area contributed by atoms with E-state index in [1.54, 1.807) is 0 Å². The summed E-state index contributed by atoms with van der Waals surface area (Å²) >= 11 is 0. The van der Waals surface area contributed by atoms with Crippen LogP contribution in [0.15, 0.2) is 0 Å². The van der Waals surface area contributed by atoms with Crippen LogP contribution < -0.4 is 5.32 Å². The van der Waals surface area contributed by atoms with Crippen molar-refractivity contribution in [2.24, 2.45) is 0 Å². The Morgan fingerprint density at radius 1 is 1.44 bits per heavy atom. The molecule has 0 aromatic carbocycles. The predicted octanol–water partition coefficient (Wildman–Crippen LogP) is 1.55. The molecule has 104 valence electrons. The van der Waals surface area contributed by atoms with Crippen LogP contribution in [0, 0.1) is 0 Å². The second kappa shape index (κ2) is 7.10. The van der Waals surface area contributed by atoms with Gasteiger partial charge in [0.05, 0.1) is 13.2 Å². The van der Waals surface area contributed by atoms with E-state index in [1.807, 2.05) is 0 Å². The third-order valence-corrected chi connectivity index (χ3v) is 3.99. The lowest BCUT2D eigenvalue weighted by molar-refractivity contribution is -0.136. The quantitative estimate of drug-likeness (QED) is 0.827. The van der Waals surface area contributed by atoms with Crippen molar-refractivity contribution in [1.29, 1.82) is 0 Å². The molecule has 2 heterocycles. The molecule has 2 rings (SSSR count). The maximum absolute atomic E-state index is 12.4. The average molecular weight is 254 g/mol. The van der Waals surface area contributed by atoms with E-state index in [4.69, 9.17) is 4.74 Å². The molecule has 0 saturated carbocycles. The van der Waals surface area contributed by atoms with E-state index in [9.17, 15) is 4.79 Å². The molecule has 0 bridgehead atoms. The van der Waals surface area contributed by atoms with Gasteiger partial charge in [-0.25, -0.2) is 0 Å². The summed E-state index contributed by atoms with van der Waals surface area (Å²) in [4.78, 5) is 14.5. The first-order valence-electron chi connectivity index (χ1n) is 7.42. The minimum Gasteiger partial charge on any atom is -0.378 e. The van der Waals surface area contributed by atoms with E-state index in [0.29, 0.717) is 25.0 Å². The molecule has 0 aromatic rings. The van der Waals surface area contributed by atoms with E-state index in [1.165, 1.54) is 25.7 Å². The van der Waals surface area contributed by atoms with Crippen LogP contribution in [-0.2, 0) is 9.53 Å². The van der Waals surface area contributed by atoms with Gasteiger partial charge in [0, 0.05) is 31.6 Å². The fourth-order valence-corrected chi connectivity index (χ4v) is 3.04. The number of nitrogens with one attached hydrogen (secondary N) is 1. The van der Waals surface area contributed by atoms with Gasteiger partial charge in [0.2, 0.25) is 5.91 Å². The molecule has 2 aliphatic rings. The Morgan fingerprint density at radius 2 is 2.33 bits per heavy atom. The topological polar surface area (TPSA) is 41.6 Å². The standard InChI is InChI=1S/C14H26N2O2/c1-2-5-13-6-3-4-8-16(13)14(17)10-12-11-18-9-7-15-12/h12-13,15H,2-11H2,1H3. The largest absolute Gasteiger partial charge is 0.378 e. The van der Waals surface area contributed by atoms with Crippen molar-refractivity contribution in [2.45, 2.75) is 57.5 Å². The first kappa shape index (κ1) is 13.8. The van der Waals surface area contributed by atoms with E-state index < -0.39 is 0 Å². The fourth-order valence-electron chi connectivity index (χ4n) is 3.04. The van der Waals surface area contributed by atoms with Crippen molar-refractivity contribution in [3.8, 4) is 0 Å². The highest BCUT2D eigenvalue weighted by atomic mass is 16.5. The Bertz CT molecular complexity index is 263. The Kier molecular flexibility index (Phi) is 5.45. The zero-order chi connectivity index (χ0) is 12.8. The number of rotatable bonds is 4. The highest BCUT2D eigenvalue weighted by Crippen LogP contribution is 2.22. The van der Waals surface area contributed by atoms with Gasteiger partial charge in [-0.1, -0.05) is 13.3 Å². The number of morpholine rings is 1. The summed E-state index contributed by atoms with van der Waals surface area (Å²) in [6.07, 6.45) is 6.55. The van der Waals surface area contributed by atoms with Gasteiger partial charge < -0.3 is 15.0 Å². The Labute approximate surface area is 110 Å². The Hall–Kier alpha value is -0.610. The second-order valence-electron chi connectivity index (χ2n) is 5.46. The maximum atomic E-state index is 12.4. The number of amides is 1. The minimum absolute atomic E-state index is 0.218. The summed E-state index contributed by atoms with van der Waals surface area (Å²) in [5.41, 5.74) is 0. The van der Waals surface area contributed by atoms with Crippen molar-refractivity contribution in [2.75, 3.05) is 26.3 Å². The van der Waals surface area contributed by atoms with Gasteiger partial charge in [0.15, 0.2) is 0 Å². The number of likely N-dealkylation sites (tertiary alicyclic amines) is 1. The fraction of sp³-hybridized carbons (Fsp3) is 0.929.